The van der Waals surface area contributed by atoms with E-state index in [1.54, 1.807) is 20.0 Å². The van der Waals surface area contributed by atoms with Crippen LogP contribution in [0.25, 0.3) is 0 Å². The summed E-state index contributed by atoms with van der Waals surface area (Å²) in [6.07, 6.45) is 4.23. The first-order valence-corrected chi connectivity index (χ1v) is 7.10. The van der Waals surface area contributed by atoms with Gasteiger partial charge in [-0.2, -0.15) is 0 Å². The van der Waals surface area contributed by atoms with Gasteiger partial charge in [-0.3, -0.25) is 0 Å². The van der Waals surface area contributed by atoms with Gasteiger partial charge in [-0.1, -0.05) is 27.0 Å². The van der Waals surface area contributed by atoms with Crippen LogP contribution in [0.5, 0.6) is 0 Å². The summed E-state index contributed by atoms with van der Waals surface area (Å²) in [6.45, 7) is 16.1. The summed E-state index contributed by atoms with van der Waals surface area (Å²) in [5.74, 6) is 1.40. The molecule has 0 aromatic carbocycles. The fourth-order valence-electron chi connectivity index (χ4n) is 1.000. The Morgan fingerprint density at radius 3 is 2.10 bits per heavy atom. The predicted molar refractivity (Wildman–Crippen MR) is 89.5 cm³/mol. The predicted octanol–water partition coefficient (Wildman–Crippen LogP) is 2.34. The van der Waals surface area contributed by atoms with Crippen LogP contribution in [0.15, 0.2) is 36.4 Å². The molecule has 0 saturated heterocycles. The van der Waals surface area contributed by atoms with Crippen molar-refractivity contribution >= 4 is 6.79 Å². The first kappa shape index (κ1) is 24.3. The molecule has 4 N–H and O–H groups in total. The van der Waals surface area contributed by atoms with E-state index in [0.717, 1.165) is 12.3 Å². The molecule has 0 unspecified atom stereocenters. The van der Waals surface area contributed by atoms with Crippen molar-refractivity contribution in [2.45, 2.75) is 33.6 Å². The molecule has 1 aliphatic carbocycles. The van der Waals surface area contributed by atoms with Crippen molar-refractivity contribution in [2.24, 2.45) is 11.7 Å². The average molecular weight is 300 g/mol. The molecule has 1 saturated carbocycles. The second kappa shape index (κ2) is 18.2. The minimum absolute atomic E-state index is 0.250. The first-order chi connectivity index (χ1) is 10.0. The lowest BCUT2D eigenvalue weighted by Gasteiger charge is -2.12. The first-order valence-electron chi connectivity index (χ1n) is 7.10. The van der Waals surface area contributed by atoms with Crippen LogP contribution >= 0.6 is 0 Å². The van der Waals surface area contributed by atoms with E-state index in [-0.39, 0.29) is 6.61 Å². The Kier molecular flexibility index (Phi) is 21.1. The molecule has 0 heterocycles. The minimum Gasteiger partial charge on any atom is -0.491 e. The van der Waals surface area contributed by atoms with Gasteiger partial charge in [0.05, 0.1) is 12.3 Å². The molecule has 5 nitrogen and oxygen atoms in total. The highest BCUT2D eigenvalue weighted by atomic mass is 16.5. The maximum atomic E-state index is 8.00. The molecule has 0 radical (unpaired) electrons. The molecule has 1 aliphatic rings. The van der Waals surface area contributed by atoms with Crippen LogP contribution < -0.4 is 11.1 Å². The molecule has 0 spiro atoms. The van der Waals surface area contributed by atoms with Gasteiger partial charge in [-0.15, -0.1) is 0 Å². The van der Waals surface area contributed by atoms with Crippen LogP contribution in [0.1, 0.15) is 33.6 Å². The smallest absolute Gasteiger partial charge is 0.143 e. The third-order valence-corrected chi connectivity index (χ3v) is 2.09. The monoisotopic (exact) mass is 300 g/mol. The van der Waals surface area contributed by atoms with Gasteiger partial charge < -0.3 is 25.7 Å². The van der Waals surface area contributed by atoms with E-state index in [1.165, 1.54) is 12.8 Å². The van der Waals surface area contributed by atoms with Crippen LogP contribution in [0.4, 0.5) is 0 Å². The zero-order chi connectivity index (χ0) is 17.3. The van der Waals surface area contributed by atoms with Crippen LogP contribution in [-0.2, 0) is 9.53 Å². The van der Waals surface area contributed by atoms with Crippen molar-refractivity contribution in [3.8, 4) is 0 Å². The Labute approximate surface area is 129 Å². The molecule has 124 valence electrons. The van der Waals surface area contributed by atoms with Crippen LogP contribution in [0.2, 0.25) is 0 Å². The summed E-state index contributed by atoms with van der Waals surface area (Å²) < 4.78 is 5.59. The van der Waals surface area contributed by atoms with Gasteiger partial charge >= 0.3 is 0 Å². The van der Waals surface area contributed by atoms with Gasteiger partial charge in [0.1, 0.15) is 12.5 Å². The molecule has 1 rings (SSSR count). The number of ether oxygens (including phenoxy) is 1. The SMILES string of the molecule is C=C(N)/C=C(/OCC1CC1)C(=C)NC.C=O.CC.CCO. The zero-order valence-electron chi connectivity index (χ0n) is 13.9. The lowest BCUT2D eigenvalue weighted by atomic mass is 10.3. The maximum Gasteiger partial charge on any atom is 0.143 e. The van der Waals surface area contributed by atoms with Gasteiger partial charge in [0, 0.05) is 25.4 Å². The van der Waals surface area contributed by atoms with E-state index in [1.807, 2.05) is 20.6 Å². The quantitative estimate of drug-likeness (QED) is 0.518. The molecule has 0 atom stereocenters. The zero-order valence-corrected chi connectivity index (χ0v) is 13.9. The fourth-order valence-corrected chi connectivity index (χ4v) is 1.000. The topological polar surface area (TPSA) is 84.6 Å². The Hall–Kier alpha value is -1.75. The van der Waals surface area contributed by atoms with Crippen LogP contribution in [-0.4, -0.2) is 32.2 Å². The molecule has 0 aromatic heterocycles. The highest BCUT2D eigenvalue weighted by molar-refractivity contribution is 5.27. The normalized spacial score (nSPS) is 12.1. The van der Waals surface area contributed by atoms with Crippen molar-refractivity contribution in [1.29, 1.82) is 0 Å². The van der Waals surface area contributed by atoms with Crippen molar-refractivity contribution in [2.75, 3.05) is 20.3 Å². The van der Waals surface area contributed by atoms with Crippen LogP contribution in [0.3, 0.4) is 0 Å². The van der Waals surface area contributed by atoms with E-state index in [4.69, 9.17) is 20.4 Å². The standard InChI is InChI=1S/C11H18N2O.C2H6O.C2H6.CH2O/c1-8(12)6-11(9(2)13-3)14-7-10-4-5-10;1-2-3;2*1-2/h6,10,13H,1-2,4-5,7,12H2,3H3;3H,2H2,1H3;1-2H3;1H2/b11-6+;;;. The fraction of sp³-hybridized carbons (Fsp3) is 0.562. The molecule has 21 heavy (non-hydrogen) atoms. The van der Waals surface area contributed by atoms with Gasteiger partial charge in [0.15, 0.2) is 0 Å². The number of nitrogens with two attached hydrogens (primary N) is 1. The lowest BCUT2D eigenvalue weighted by molar-refractivity contribution is -0.0979. The molecule has 5 heteroatoms. The van der Waals surface area contributed by atoms with Crippen molar-refractivity contribution in [3.63, 3.8) is 0 Å². The van der Waals surface area contributed by atoms with Gasteiger partial charge in [0.2, 0.25) is 0 Å². The third-order valence-electron chi connectivity index (χ3n) is 2.09. The second-order valence-electron chi connectivity index (χ2n) is 3.88. The molecule has 0 amide bonds. The molecule has 0 aliphatic heterocycles. The van der Waals surface area contributed by atoms with E-state index < -0.39 is 0 Å². The van der Waals surface area contributed by atoms with E-state index in [9.17, 15) is 0 Å². The van der Waals surface area contributed by atoms with Gasteiger partial charge in [-0.25, -0.2) is 0 Å². The second-order valence-corrected chi connectivity index (χ2v) is 3.88. The van der Waals surface area contributed by atoms with Crippen molar-refractivity contribution < 1.29 is 14.6 Å². The molecular formula is C16H32N2O3. The molecule has 0 bridgehead atoms. The number of allylic oxidation sites excluding steroid dienone is 1. The van der Waals surface area contributed by atoms with E-state index in [2.05, 4.69) is 18.5 Å². The largest absolute Gasteiger partial charge is 0.491 e. The number of likely N-dealkylation sites (N-methyl/N-ethyl adjacent to an activating group) is 1. The van der Waals surface area contributed by atoms with E-state index >= 15 is 0 Å². The number of aliphatic hydroxyl groups is 1. The number of carbonyl (C=O) groups excluding carboxylic acids is 1. The minimum atomic E-state index is 0.250. The van der Waals surface area contributed by atoms with E-state index in [0.29, 0.717) is 17.4 Å². The maximum absolute atomic E-state index is 8.00. The van der Waals surface area contributed by atoms with Gasteiger partial charge in [-0.05, 0) is 25.7 Å². The van der Waals surface area contributed by atoms with Gasteiger partial charge in [0.25, 0.3) is 0 Å². The van der Waals surface area contributed by atoms with Crippen molar-refractivity contribution in [3.05, 3.63) is 36.4 Å². The Bertz CT molecular complexity index is 298. The summed E-state index contributed by atoms with van der Waals surface area (Å²) in [5.41, 5.74) is 6.70. The lowest BCUT2D eigenvalue weighted by Crippen LogP contribution is -2.11. The number of hydrogen-bond donors (Lipinski definition) is 3. The Balaban J connectivity index is -0.000000399. The van der Waals surface area contributed by atoms with Crippen LogP contribution in [0, 0.1) is 5.92 Å². The number of hydrogen-bond acceptors (Lipinski definition) is 5. The van der Waals surface area contributed by atoms with Crippen molar-refractivity contribution in [1.82, 2.24) is 5.32 Å². The number of carbonyl (C=O) groups is 1. The summed E-state index contributed by atoms with van der Waals surface area (Å²) in [5, 5.41) is 10.5. The molecular weight excluding hydrogens is 268 g/mol. The number of rotatable bonds is 6. The number of aliphatic hydroxyl groups excluding tert-OH is 1. The molecule has 0 aromatic rings. The average Bonchev–Trinajstić information content (AvgIpc) is 3.31. The Morgan fingerprint density at radius 2 is 1.81 bits per heavy atom. The summed E-state index contributed by atoms with van der Waals surface area (Å²) >= 11 is 0. The highest BCUT2D eigenvalue weighted by Crippen LogP contribution is 2.30. The molecule has 1 fully saturated rings. The summed E-state index contributed by atoms with van der Waals surface area (Å²) in [6, 6.07) is 0. The third kappa shape index (κ3) is 18.2. The summed E-state index contributed by atoms with van der Waals surface area (Å²) in [4.78, 5) is 8.00. The Morgan fingerprint density at radius 1 is 1.38 bits per heavy atom. The summed E-state index contributed by atoms with van der Waals surface area (Å²) in [7, 11) is 1.80. The highest BCUT2D eigenvalue weighted by Gasteiger charge is 2.22. The number of nitrogens with one attached hydrogen (secondary N) is 1.